The number of nitrogens with zero attached hydrogens (tertiary/aromatic N) is 6. The van der Waals surface area contributed by atoms with Crippen LogP contribution in [-0.4, -0.2) is 68.2 Å². The predicted molar refractivity (Wildman–Crippen MR) is 151 cm³/mol. The van der Waals surface area contributed by atoms with Crippen LogP contribution in [0, 0.1) is 5.82 Å². The van der Waals surface area contributed by atoms with Crippen molar-refractivity contribution in [3.8, 4) is 11.3 Å². The van der Waals surface area contributed by atoms with Crippen LogP contribution in [0.2, 0.25) is 0 Å². The third-order valence-corrected chi connectivity index (χ3v) is 6.81. The third kappa shape index (κ3) is 5.69. The van der Waals surface area contributed by atoms with Crippen molar-refractivity contribution in [1.29, 1.82) is 0 Å². The van der Waals surface area contributed by atoms with Gasteiger partial charge in [-0.15, -0.1) is 0 Å². The first-order valence-corrected chi connectivity index (χ1v) is 13.1. The standard InChI is InChI=1S/C29H31FN8O2/c1-36(2)15-5-7-24(39)37-16-4-3-6-22(37)28-35-25(26-27(31)33-14-17-38(26)28)19-8-10-20(11-9-19)29(40)34-23-18-21(30)12-13-32-23/h5,7-14,17-18,22H,3-4,6,15-16H2,1-2H3,(H2,31,33)(H,32,34,40)/b7-5+/t22-/m0/s1. The molecule has 1 aliphatic heterocycles. The number of imidazole rings is 1. The molecule has 10 nitrogen and oxygen atoms in total. The second-order valence-electron chi connectivity index (χ2n) is 9.95. The van der Waals surface area contributed by atoms with Crippen LogP contribution < -0.4 is 11.1 Å². The summed E-state index contributed by atoms with van der Waals surface area (Å²) in [5, 5.41) is 2.59. The number of amides is 2. The van der Waals surface area contributed by atoms with E-state index >= 15 is 0 Å². The van der Waals surface area contributed by atoms with E-state index in [4.69, 9.17) is 10.7 Å². The minimum absolute atomic E-state index is 0.0463. The molecule has 1 fully saturated rings. The van der Waals surface area contributed by atoms with Gasteiger partial charge in [-0.05, 0) is 51.6 Å². The summed E-state index contributed by atoms with van der Waals surface area (Å²) in [6, 6.07) is 9.01. The highest BCUT2D eigenvalue weighted by molar-refractivity contribution is 6.04. The number of hydrogen-bond donors (Lipinski definition) is 2. The molecule has 2 amide bonds. The number of rotatable bonds is 7. The molecular formula is C29H31FN8O2. The lowest BCUT2D eigenvalue weighted by molar-refractivity contribution is -0.130. The van der Waals surface area contributed by atoms with Crippen LogP contribution in [0.15, 0.2) is 67.1 Å². The number of aromatic nitrogens is 4. The average Bonchev–Trinajstić information content (AvgIpc) is 3.34. The van der Waals surface area contributed by atoms with E-state index in [2.05, 4.69) is 15.3 Å². The predicted octanol–water partition coefficient (Wildman–Crippen LogP) is 3.94. The summed E-state index contributed by atoms with van der Waals surface area (Å²) in [5.74, 6) is 0.204. The Balaban J connectivity index is 1.46. The molecule has 0 bridgehead atoms. The summed E-state index contributed by atoms with van der Waals surface area (Å²) < 4.78 is 15.4. The SMILES string of the molecule is CN(C)C/C=C/C(=O)N1CCCC[C@H]1c1nc(-c2ccc(C(=O)Nc3cc(F)ccn3)cc2)c2c(N)nccn12. The van der Waals surface area contributed by atoms with Crippen molar-refractivity contribution in [2.24, 2.45) is 0 Å². The molecule has 4 aromatic rings. The molecular weight excluding hydrogens is 511 g/mol. The Bertz CT molecular complexity index is 1560. The first kappa shape index (κ1) is 26.9. The number of nitrogens with one attached hydrogen (secondary N) is 1. The van der Waals surface area contributed by atoms with Crippen molar-refractivity contribution in [3.63, 3.8) is 0 Å². The maximum Gasteiger partial charge on any atom is 0.256 e. The van der Waals surface area contributed by atoms with Crippen LogP contribution in [0.3, 0.4) is 0 Å². The number of carbonyl (C=O) groups is 2. The number of benzene rings is 1. The molecule has 1 atom stereocenters. The lowest BCUT2D eigenvalue weighted by Gasteiger charge is -2.34. The van der Waals surface area contributed by atoms with Crippen LogP contribution in [0.5, 0.6) is 0 Å². The van der Waals surface area contributed by atoms with Gasteiger partial charge in [0.05, 0.1) is 6.04 Å². The first-order valence-electron chi connectivity index (χ1n) is 13.1. The van der Waals surface area contributed by atoms with Crippen LogP contribution in [0.1, 0.15) is 41.5 Å². The Morgan fingerprint density at radius 1 is 1.15 bits per heavy atom. The number of anilines is 2. The van der Waals surface area contributed by atoms with Gasteiger partial charge in [0.15, 0.2) is 0 Å². The maximum atomic E-state index is 13.5. The summed E-state index contributed by atoms with van der Waals surface area (Å²) in [6.07, 6.45) is 10.9. The largest absolute Gasteiger partial charge is 0.382 e. The third-order valence-electron chi connectivity index (χ3n) is 6.81. The van der Waals surface area contributed by atoms with Gasteiger partial charge in [-0.2, -0.15) is 0 Å². The second kappa shape index (κ2) is 11.6. The van der Waals surface area contributed by atoms with Gasteiger partial charge in [-0.25, -0.2) is 19.3 Å². The number of halogens is 1. The van der Waals surface area contributed by atoms with E-state index in [0.717, 1.165) is 30.9 Å². The number of hydrogen-bond acceptors (Lipinski definition) is 7. The van der Waals surface area contributed by atoms with E-state index in [-0.39, 0.29) is 17.8 Å². The van der Waals surface area contributed by atoms with Crippen molar-refractivity contribution >= 4 is 29.0 Å². The molecule has 206 valence electrons. The number of likely N-dealkylation sites (tertiary alicyclic amines) is 1. The summed E-state index contributed by atoms with van der Waals surface area (Å²) in [4.78, 5) is 43.0. The minimum Gasteiger partial charge on any atom is -0.382 e. The van der Waals surface area contributed by atoms with Gasteiger partial charge in [0.2, 0.25) is 5.91 Å². The second-order valence-corrected chi connectivity index (χ2v) is 9.95. The van der Waals surface area contributed by atoms with Crippen molar-refractivity contribution in [1.82, 2.24) is 29.2 Å². The van der Waals surface area contributed by atoms with E-state index in [0.29, 0.717) is 41.5 Å². The van der Waals surface area contributed by atoms with Gasteiger partial charge in [-0.3, -0.25) is 14.0 Å². The van der Waals surface area contributed by atoms with E-state index in [1.807, 2.05) is 40.6 Å². The Kier molecular flexibility index (Phi) is 7.83. The maximum absolute atomic E-state index is 13.5. The first-order chi connectivity index (χ1) is 19.3. The zero-order valence-corrected chi connectivity index (χ0v) is 22.4. The fourth-order valence-electron chi connectivity index (χ4n) is 4.89. The Morgan fingerprint density at radius 3 is 2.70 bits per heavy atom. The van der Waals surface area contributed by atoms with Crippen molar-refractivity contribution < 1.29 is 14.0 Å². The zero-order valence-electron chi connectivity index (χ0n) is 22.4. The molecule has 0 aliphatic carbocycles. The molecule has 40 heavy (non-hydrogen) atoms. The molecule has 0 unspecified atom stereocenters. The topological polar surface area (TPSA) is 122 Å². The van der Waals surface area contributed by atoms with Crippen LogP contribution >= 0.6 is 0 Å². The number of nitrogen functional groups attached to an aromatic ring is 1. The van der Waals surface area contributed by atoms with Gasteiger partial charge in [0, 0.05) is 54.9 Å². The molecule has 3 N–H and O–H groups in total. The molecule has 0 saturated carbocycles. The Hall–Kier alpha value is -4.64. The highest BCUT2D eigenvalue weighted by Crippen LogP contribution is 2.36. The lowest BCUT2D eigenvalue weighted by atomic mass is 10.0. The van der Waals surface area contributed by atoms with E-state index in [1.165, 1.54) is 12.3 Å². The minimum atomic E-state index is -0.489. The molecule has 5 rings (SSSR count). The lowest BCUT2D eigenvalue weighted by Crippen LogP contribution is -2.38. The normalized spacial score (nSPS) is 15.7. The van der Waals surface area contributed by atoms with Gasteiger partial charge < -0.3 is 20.9 Å². The summed E-state index contributed by atoms with van der Waals surface area (Å²) in [6.45, 7) is 1.32. The monoisotopic (exact) mass is 542 g/mol. The number of carbonyl (C=O) groups excluding carboxylic acids is 2. The Labute approximate surface area is 231 Å². The van der Waals surface area contributed by atoms with Crippen LogP contribution in [-0.2, 0) is 4.79 Å². The number of nitrogens with two attached hydrogens (primary N) is 1. The molecule has 1 aliphatic rings. The molecule has 1 aromatic carbocycles. The smallest absolute Gasteiger partial charge is 0.256 e. The highest BCUT2D eigenvalue weighted by atomic mass is 19.1. The van der Waals surface area contributed by atoms with Gasteiger partial charge in [0.1, 0.15) is 34.5 Å². The molecule has 4 heterocycles. The molecule has 0 radical (unpaired) electrons. The number of piperidine rings is 1. The number of fused-ring (bicyclic) bond motifs is 1. The Morgan fingerprint density at radius 2 is 1.95 bits per heavy atom. The highest BCUT2D eigenvalue weighted by Gasteiger charge is 2.31. The molecule has 1 saturated heterocycles. The summed E-state index contributed by atoms with van der Waals surface area (Å²) in [7, 11) is 3.91. The fraction of sp³-hybridized carbons (Fsp3) is 0.276. The quantitative estimate of drug-likeness (QED) is 0.339. The zero-order chi connectivity index (χ0) is 28.2. The average molecular weight is 543 g/mol. The van der Waals surface area contributed by atoms with Crippen LogP contribution in [0.4, 0.5) is 16.0 Å². The van der Waals surface area contributed by atoms with Gasteiger partial charge in [0.25, 0.3) is 5.91 Å². The van der Waals surface area contributed by atoms with Gasteiger partial charge in [-0.1, -0.05) is 18.2 Å². The van der Waals surface area contributed by atoms with Crippen molar-refractivity contribution in [2.75, 3.05) is 38.2 Å². The number of pyridine rings is 1. The van der Waals surface area contributed by atoms with E-state index in [1.54, 1.807) is 36.5 Å². The van der Waals surface area contributed by atoms with Gasteiger partial charge >= 0.3 is 0 Å². The number of likely N-dealkylation sites (N-methyl/N-ethyl adjacent to an activating group) is 1. The molecule has 3 aromatic heterocycles. The van der Waals surface area contributed by atoms with Crippen molar-refractivity contribution in [2.45, 2.75) is 25.3 Å². The van der Waals surface area contributed by atoms with Crippen LogP contribution in [0.25, 0.3) is 16.8 Å². The van der Waals surface area contributed by atoms with Crippen molar-refractivity contribution in [3.05, 3.63) is 84.3 Å². The van der Waals surface area contributed by atoms with E-state index in [9.17, 15) is 14.0 Å². The fourth-order valence-corrected chi connectivity index (χ4v) is 4.89. The molecule has 11 heteroatoms. The summed E-state index contributed by atoms with van der Waals surface area (Å²) >= 11 is 0. The summed E-state index contributed by atoms with van der Waals surface area (Å²) in [5.41, 5.74) is 8.69. The van der Waals surface area contributed by atoms with E-state index < -0.39 is 11.7 Å². The molecule has 0 spiro atoms.